The highest BCUT2D eigenvalue weighted by atomic mass is 35.5. The SMILES string of the molecule is CNCc1cc(Cl)nnc1NC1CC2CC[C@H](C1)N2C(=O)OC(C)(C)C. The molecule has 2 aliphatic rings. The number of amides is 1. The largest absolute Gasteiger partial charge is 0.444 e. The summed E-state index contributed by atoms with van der Waals surface area (Å²) >= 11 is 5.97. The Hall–Kier alpha value is -1.60. The number of carbonyl (C=O) groups excluding carboxylic acids is 1. The second-order valence-electron chi connectivity index (χ2n) is 8.16. The summed E-state index contributed by atoms with van der Waals surface area (Å²) in [6, 6.07) is 2.53. The van der Waals surface area contributed by atoms with Crippen molar-refractivity contribution >= 4 is 23.5 Å². The van der Waals surface area contributed by atoms with Crippen molar-refractivity contribution < 1.29 is 9.53 Å². The van der Waals surface area contributed by atoms with Crippen molar-refractivity contribution in [2.75, 3.05) is 12.4 Å². The molecule has 2 fully saturated rings. The lowest BCUT2D eigenvalue weighted by Crippen LogP contribution is -2.51. The number of ether oxygens (including phenoxy) is 1. The van der Waals surface area contributed by atoms with Crippen molar-refractivity contribution in [3.63, 3.8) is 0 Å². The quantitative estimate of drug-likeness (QED) is 0.833. The van der Waals surface area contributed by atoms with Gasteiger partial charge < -0.3 is 20.3 Å². The lowest BCUT2D eigenvalue weighted by molar-refractivity contribution is 0.00682. The number of hydrogen-bond acceptors (Lipinski definition) is 6. The van der Waals surface area contributed by atoms with E-state index < -0.39 is 5.60 Å². The standard InChI is InChI=1S/C18H28ClN5O2/c1-18(2,3)26-17(25)24-13-5-6-14(24)9-12(8-13)21-16-11(10-20-4)7-15(19)22-23-16/h7,12-14,20H,5-6,8-10H2,1-4H3,(H,21,23)/t12?,13-,14?/m1/s1. The van der Waals surface area contributed by atoms with Gasteiger partial charge >= 0.3 is 6.09 Å². The van der Waals surface area contributed by atoms with Crippen LogP contribution in [0.25, 0.3) is 0 Å². The molecule has 1 amide bonds. The summed E-state index contributed by atoms with van der Waals surface area (Å²) in [5, 5.41) is 15.2. The van der Waals surface area contributed by atoms with Crippen LogP contribution in [0.2, 0.25) is 5.15 Å². The normalized spacial score (nSPS) is 25.3. The maximum atomic E-state index is 12.6. The van der Waals surface area contributed by atoms with E-state index in [2.05, 4.69) is 20.8 Å². The molecule has 2 aliphatic heterocycles. The van der Waals surface area contributed by atoms with Crippen LogP contribution in [0.4, 0.5) is 10.6 Å². The molecule has 0 saturated carbocycles. The number of anilines is 1. The zero-order valence-corrected chi connectivity index (χ0v) is 16.6. The summed E-state index contributed by atoms with van der Waals surface area (Å²) in [5.74, 6) is 0.763. The van der Waals surface area contributed by atoms with Crippen LogP contribution in [0.15, 0.2) is 6.07 Å². The van der Waals surface area contributed by atoms with Gasteiger partial charge in [-0.15, -0.1) is 10.2 Å². The zero-order valence-electron chi connectivity index (χ0n) is 15.9. The number of nitrogens with one attached hydrogen (secondary N) is 2. The summed E-state index contributed by atoms with van der Waals surface area (Å²) in [5.41, 5.74) is 0.529. The molecule has 2 saturated heterocycles. The van der Waals surface area contributed by atoms with Gasteiger partial charge in [-0.05, 0) is 59.6 Å². The van der Waals surface area contributed by atoms with E-state index in [-0.39, 0.29) is 24.2 Å². The minimum absolute atomic E-state index is 0.189. The maximum Gasteiger partial charge on any atom is 0.410 e. The second-order valence-corrected chi connectivity index (χ2v) is 8.54. The van der Waals surface area contributed by atoms with Gasteiger partial charge in [-0.25, -0.2) is 4.79 Å². The lowest BCUT2D eigenvalue weighted by atomic mass is 9.97. The molecule has 2 unspecified atom stereocenters. The van der Waals surface area contributed by atoms with Crippen LogP contribution in [-0.4, -0.2) is 52.0 Å². The number of piperidine rings is 1. The van der Waals surface area contributed by atoms with E-state index in [1.807, 2.05) is 38.8 Å². The summed E-state index contributed by atoms with van der Waals surface area (Å²) in [6.45, 7) is 6.39. The van der Waals surface area contributed by atoms with Gasteiger partial charge in [0.05, 0.1) is 0 Å². The third-order valence-corrected chi connectivity index (χ3v) is 5.07. The maximum absolute atomic E-state index is 12.6. The van der Waals surface area contributed by atoms with Gasteiger partial charge in [-0.1, -0.05) is 11.6 Å². The van der Waals surface area contributed by atoms with Crippen molar-refractivity contribution in [1.29, 1.82) is 0 Å². The number of rotatable bonds is 4. The first-order valence-electron chi connectivity index (χ1n) is 9.21. The number of aromatic nitrogens is 2. The van der Waals surface area contributed by atoms with Crippen molar-refractivity contribution in [2.45, 2.75) is 76.7 Å². The molecule has 8 heteroatoms. The van der Waals surface area contributed by atoms with Crippen LogP contribution < -0.4 is 10.6 Å². The molecule has 7 nitrogen and oxygen atoms in total. The molecule has 0 radical (unpaired) electrons. The summed E-state index contributed by atoms with van der Waals surface area (Å²) in [7, 11) is 1.89. The molecule has 3 atom stereocenters. The van der Waals surface area contributed by atoms with Gasteiger partial charge in [0, 0.05) is 30.2 Å². The van der Waals surface area contributed by atoms with E-state index in [0.29, 0.717) is 11.7 Å². The van der Waals surface area contributed by atoms with Crippen molar-refractivity contribution in [3.05, 3.63) is 16.8 Å². The molecular formula is C18H28ClN5O2. The minimum Gasteiger partial charge on any atom is -0.444 e. The molecule has 0 aromatic carbocycles. The fourth-order valence-electron chi connectivity index (χ4n) is 3.95. The number of halogens is 1. The fourth-order valence-corrected chi connectivity index (χ4v) is 4.12. The average Bonchev–Trinajstić information content (AvgIpc) is 2.80. The molecule has 3 rings (SSSR count). The smallest absolute Gasteiger partial charge is 0.410 e. The zero-order chi connectivity index (χ0) is 18.9. The number of nitrogens with zero attached hydrogens (tertiary/aromatic N) is 3. The monoisotopic (exact) mass is 381 g/mol. The van der Waals surface area contributed by atoms with Crippen LogP contribution >= 0.6 is 11.6 Å². The molecule has 1 aromatic rings. The Labute approximate surface area is 159 Å². The highest BCUT2D eigenvalue weighted by Gasteiger charge is 2.45. The van der Waals surface area contributed by atoms with Crippen LogP contribution in [0.5, 0.6) is 0 Å². The minimum atomic E-state index is -0.466. The lowest BCUT2D eigenvalue weighted by Gasteiger charge is -2.39. The molecule has 144 valence electrons. The summed E-state index contributed by atoms with van der Waals surface area (Å²) in [6.07, 6.45) is 3.64. The summed E-state index contributed by atoms with van der Waals surface area (Å²) in [4.78, 5) is 14.5. The highest BCUT2D eigenvalue weighted by Crippen LogP contribution is 2.38. The molecule has 3 heterocycles. The molecule has 0 aliphatic carbocycles. The molecule has 2 N–H and O–H groups in total. The Balaban J connectivity index is 1.67. The molecule has 0 spiro atoms. The van der Waals surface area contributed by atoms with Crippen LogP contribution in [0.1, 0.15) is 52.0 Å². The first-order chi connectivity index (χ1) is 12.3. The van der Waals surface area contributed by atoms with Gasteiger partial charge in [0.15, 0.2) is 11.0 Å². The van der Waals surface area contributed by atoms with Crippen LogP contribution in [-0.2, 0) is 11.3 Å². The second kappa shape index (κ2) is 7.56. The van der Waals surface area contributed by atoms with Gasteiger partial charge in [0.1, 0.15) is 5.60 Å². The Bertz CT molecular complexity index is 649. The first-order valence-corrected chi connectivity index (χ1v) is 9.59. The van der Waals surface area contributed by atoms with Gasteiger partial charge in [-0.2, -0.15) is 0 Å². The van der Waals surface area contributed by atoms with Crippen LogP contribution in [0, 0.1) is 0 Å². The Morgan fingerprint density at radius 2 is 1.96 bits per heavy atom. The van der Waals surface area contributed by atoms with E-state index in [1.165, 1.54) is 0 Å². The van der Waals surface area contributed by atoms with E-state index in [0.717, 1.165) is 37.1 Å². The fraction of sp³-hybridized carbons (Fsp3) is 0.722. The van der Waals surface area contributed by atoms with Gasteiger partial charge in [-0.3, -0.25) is 0 Å². The van der Waals surface area contributed by atoms with E-state index in [4.69, 9.17) is 16.3 Å². The molecule has 26 heavy (non-hydrogen) atoms. The Morgan fingerprint density at radius 3 is 2.54 bits per heavy atom. The predicted molar refractivity (Wildman–Crippen MR) is 101 cm³/mol. The average molecular weight is 382 g/mol. The van der Waals surface area contributed by atoms with E-state index in [9.17, 15) is 4.79 Å². The Morgan fingerprint density at radius 1 is 1.31 bits per heavy atom. The molecular weight excluding hydrogens is 354 g/mol. The van der Waals surface area contributed by atoms with Crippen LogP contribution in [0.3, 0.4) is 0 Å². The van der Waals surface area contributed by atoms with E-state index >= 15 is 0 Å². The van der Waals surface area contributed by atoms with Crippen molar-refractivity contribution in [3.8, 4) is 0 Å². The third kappa shape index (κ3) is 4.38. The molecule has 2 bridgehead atoms. The third-order valence-electron chi connectivity index (χ3n) is 4.89. The first kappa shape index (κ1) is 19.2. The Kier molecular flexibility index (Phi) is 5.58. The molecule has 1 aromatic heterocycles. The van der Waals surface area contributed by atoms with Gasteiger partial charge in [0.2, 0.25) is 0 Å². The number of carbonyl (C=O) groups is 1. The number of fused-ring (bicyclic) bond motifs is 2. The van der Waals surface area contributed by atoms with E-state index in [1.54, 1.807) is 0 Å². The highest BCUT2D eigenvalue weighted by molar-refractivity contribution is 6.29. The van der Waals surface area contributed by atoms with Gasteiger partial charge in [0.25, 0.3) is 0 Å². The number of hydrogen-bond donors (Lipinski definition) is 2. The van der Waals surface area contributed by atoms with Crippen molar-refractivity contribution in [2.24, 2.45) is 0 Å². The summed E-state index contributed by atoms with van der Waals surface area (Å²) < 4.78 is 5.60. The van der Waals surface area contributed by atoms with Crippen molar-refractivity contribution in [1.82, 2.24) is 20.4 Å². The topological polar surface area (TPSA) is 79.4 Å². The predicted octanol–water partition coefficient (Wildman–Crippen LogP) is 3.19.